The minimum absolute atomic E-state index is 0.00946. The third-order valence-corrected chi connectivity index (χ3v) is 10.1. The minimum Gasteiger partial charge on any atom is -0.508 e. The van der Waals surface area contributed by atoms with Gasteiger partial charge in [0.05, 0.1) is 24.4 Å². The number of phenols is 1. The molecule has 3 atom stereocenters. The Balaban J connectivity index is 1.76. The van der Waals surface area contributed by atoms with E-state index in [9.17, 15) is 29.1 Å². The summed E-state index contributed by atoms with van der Waals surface area (Å²) >= 11 is 0. The molecule has 0 radical (unpaired) electrons. The van der Waals surface area contributed by atoms with E-state index in [2.05, 4.69) is 16.0 Å². The highest BCUT2D eigenvalue weighted by atomic mass is 33.1. The second-order valence-electron chi connectivity index (χ2n) is 11.1. The molecular formula is C33H43N3O6S2. The molecule has 1 saturated heterocycles. The maximum atomic E-state index is 13.7. The van der Waals surface area contributed by atoms with Crippen LogP contribution in [0.4, 0.5) is 0 Å². The molecule has 1 aliphatic heterocycles. The highest BCUT2D eigenvalue weighted by molar-refractivity contribution is 8.77. The first-order valence-corrected chi connectivity index (χ1v) is 17.5. The molecule has 0 saturated carbocycles. The summed E-state index contributed by atoms with van der Waals surface area (Å²) in [5.74, 6) is -0.496. The van der Waals surface area contributed by atoms with Crippen LogP contribution in [0, 0.1) is 5.92 Å². The Kier molecular flexibility index (Phi) is 15.7. The zero-order valence-corrected chi connectivity index (χ0v) is 26.9. The molecule has 1 amide bonds. The van der Waals surface area contributed by atoms with Gasteiger partial charge in [-0.05, 0) is 62.4 Å². The topological polar surface area (TPSA) is 142 Å². The number of ketones is 4. The fourth-order valence-electron chi connectivity index (χ4n) is 4.85. The average Bonchev–Trinajstić information content (AvgIpc) is 2.99. The molecule has 1 fully saturated rings. The molecule has 2 aromatic rings. The van der Waals surface area contributed by atoms with E-state index < -0.39 is 12.0 Å². The summed E-state index contributed by atoms with van der Waals surface area (Å²) in [6.07, 6.45) is 2.47. The van der Waals surface area contributed by atoms with Crippen LogP contribution >= 0.6 is 21.6 Å². The molecule has 0 aromatic heterocycles. The molecule has 4 N–H and O–H groups in total. The van der Waals surface area contributed by atoms with Gasteiger partial charge in [0.1, 0.15) is 17.3 Å². The lowest BCUT2D eigenvalue weighted by atomic mass is 9.93. The van der Waals surface area contributed by atoms with Gasteiger partial charge in [0, 0.05) is 37.5 Å². The van der Waals surface area contributed by atoms with Gasteiger partial charge in [-0.2, -0.15) is 0 Å². The number of carbonyl (C=O) groups is 5. The van der Waals surface area contributed by atoms with Crippen molar-refractivity contribution in [3.63, 3.8) is 0 Å². The number of hydrogen-bond acceptors (Lipinski definition) is 10. The summed E-state index contributed by atoms with van der Waals surface area (Å²) in [5, 5.41) is 18.5. The number of phenolic OH excluding ortho intramolecular Hbond substituents is 1. The Bertz CT molecular complexity index is 1240. The van der Waals surface area contributed by atoms with Crippen LogP contribution < -0.4 is 16.0 Å². The van der Waals surface area contributed by atoms with Gasteiger partial charge in [0.15, 0.2) is 11.6 Å². The van der Waals surface area contributed by atoms with Gasteiger partial charge in [-0.15, -0.1) is 0 Å². The van der Waals surface area contributed by atoms with Gasteiger partial charge in [0.25, 0.3) is 0 Å². The first kappa shape index (κ1) is 35.5. The number of nitrogens with one attached hydrogen (secondary N) is 3. The second kappa shape index (κ2) is 19.4. The van der Waals surface area contributed by atoms with E-state index in [1.807, 2.05) is 30.3 Å². The predicted octanol–water partition coefficient (Wildman–Crippen LogP) is 3.47. The first-order chi connectivity index (χ1) is 21.2. The maximum absolute atomic E-state index is 13.7. The lowest BCUT2D eigenvalue weighted by Crippen LogP contribution is -2.45. The zero-order valence-electron chi connectivity index (χ0n) is 25.2. The standard InChI is InChI=1S/C33H43N3O6S2/c1-23(37)20-35-22-32-31(41)21-34-15-6-5-9-30(40)29(18-25-10-12-27(38)13-11-25)36-33(42)26(14-16-43-44-32)19-28(39)17-24-7-3-2-4-8-24/h2-4,7-8,10-13,26,29,32,34-35,38H,5-6,9,14-22H2,1H3,(H,36,42)/t26?,29-,32?/m0/s1. The van der Waals surface area contributed by atoms with Gasteiger partial charge in [-0.1, -0.05) is 64.1 Å². The summed E-state index contributed by atoms with van der Waals surface area (Å²) < 4.78 is 0. The first-order valence-electron chi connectivity index (χ1n) is 15.1. The van der Waals surface area contributed by atoms with Crippen molar-refractivity contribution in [2.75, 3.05) is 31.9 Å². The van der Waals surface area contributed by atoms with Crippen molar-refractivity contribution in [1.82, 2.24) is 16.0 Å². The molecular weight excluding hydrogens is 599 g/mol. The van der Waals surface area contributed by atoms with E-state index in [1.165, 1.54) is 28.5 Å². The number of benzene rings is 2. The fraction of sp³-hybridized carbons (Fsp3) is 0.485. The number of aromatic hydroxyl groups is 1. The van der Waals surface area contributed by atoms with Crippen molar-refractivity contribution in [3.05, 3.63) is 65.7 Å². The normalized spacial score (nSPS) is 21.3. The van der Waals surface area contributed by atoms with Crippen molar-refractivity contribution in [1.29, 1.82) is 0 Å². The molecule has 238 valence electrons. The van der Waals surface area contributed by atoms with Crippen LogP contribution in [-0.2, 0) is 36.8 Å². The predicted molar refractivity (Wildman–Crippen MR) is 176 cm³/mol. The van der Waals surface area contributed by atoms with E-state index in [1.54, 1.807) is 24.3 Å². The van der Waals surface area contributed by atoms with Gasteiger partial charge in [0.2, 0.25) is 5.91 Å². The summed E-state index contributed by atoms with van der Waals surface area (Å²) in [7, 11) is 2.88. The maximum Gasteiger partial charge on any atom is 0.224 e. The molecule has 3 rings (SSSR count). The molecule has 2 unspecified atom stereocenters. The van der Waals surface area contributed by atoms with Crippen molar-refractivity contribution in [2.45, 2.75) is 63.2 Å². The highest BCUT2D eigenvalue weighted by Crippen LogP contribution is 2.30. The molecule has 0 aliphatic carbocycles. The van der Waals surface area contributed by atoms with E-state index in [0.717, 1.165) is 11.1 Å². The van der Waals surface area contributed by atoms with Gasteiger partial charge < -0.3 is 21.1 Å². The van der Waals surface area contributed by atoms with Crippen LogP contribution in [0.3, 0.4) is 0 Å². The number of Topliss-reactive ketones (excluding diaryl/α,β-unsaturated/α-hetero) is 4. The second-order valence-corrected chi connectivity index (χ2v) is 13.8. The monoisotopic (exact) mass is 641 g/mol. The van der Waals surface area contributed by atoms with Crippen LogP contribution in [0.2, 0.25) is 0 Å². The van der Waals surface area contributed by atoms with Crippen molar-refractivity contribution in [2.24, 2.45) is 5.92 Å². The van der Waals surface area contributed by atoms with Gasteiger partial charge in [-0.25, -0.2) is 0 Å². The molecule has 1 aliphatic rings. The molecule has 1 heterocycles. The number of hydrogen-bond donors (Lipinski definition) is 4. The van der Waals surface area contributed by atoms with Crippen LogP contribution in [0.25, 0.3) is 0 Å². The Morgan fingerprint density at radius 3 is 2.45 bits per heavy atom. The molecule has 2 aromatic carbocycles. The average molecular weight is 642 g/mol. The van der Waals surface area contributed by atoms with Gasteiger partial charge in [-0.3, -0.25) is 24.0 Å². The summed E-state index contributed by atoms with van der Waals surface area (Å²) in [4.78, 5) is 64.5. The van der Waals surface area contributed by atoms with Gasteiger partial charge >= 0.3 is 0 Å². The van der Waals surface area contributed by atoms with Crippen molar-refractivity contribution in [3.8, 4) is 5.75 Å². The Labute approximate surface area is 267 Å². The molecule has 9 nitrogen and oxygen atoms in total. The molecule has 11 heteroatoms. The summed E-state index contributed by atoms with van der Waals surface area (Å²) in [6, 6.07) is 15.2. The summed E-state index contributed by atoms with van der Waals surface area (Å²) in [6.45, 7) is 2.79. The largest absolute Gasteiger partial charge is 0.508 e. The fourth-order valence-corrected chi connectivity index (χ4v) is 7.46. The van der Waals surface area contributed by atoms with Crippen LogP contribution in [-0.4, -0.2) is 77.4 Å². The van der Waals surface area contributed by atoms with Crippen LogP contribution in [0.1, 0.15) is 50.2 Å². The molecule has 0 spiro atoms. The summed E-state index contributed by atoms with van der Waals surface area (Å²) in [5.41, 5.74) is 1.68. The number of carbonyl (C=O) groups excluding carboxylic acids is 5. The van der Waals surface area contributed by atoms with E-state index in [0.29, 0.717) is 38.1 Å². The van der Waals surface area contributed by atoms with Crippen LogP contribution in [0.5, 0.6) is 5.75 Å². The quantitative estimate of drug-likeness (QED) is 0.285. The van der Waals surface area contributed by atoms with Crippen molar-refractivity contribution >= 4 is 50.6 Å². The molecule has 0 bridgehead atoms. The lowest BCUT2D eigenvalue weighted by molar-refractivity contribution is -0.132. The van der Waals surface area contributed by atoms with E-state index >= 15 is 0 Å². The lowest BCUT2D eigenvalue weighted by Gasteiger charge is -2.22. The Morgan fingerprint density at radius 2 is 1.73 bits per heavy atom. The van der Waals surface area contributed by atoms with E-state index in [-0.39, 0.29) is 78.8 Å². The number of rotatable bonds is 10. The highest BCUT2D eigenvalue weighted by Gasteiger charge is 2.28. The zero-order chi connectivity index (χ0) is 31.7. The Hall–Kier alpha value is -2.99. The molecule has 44 heavy (non-hydrogen) atoms. The SMILES string of the molecule is CC(=O)CNCC1SSCCC(CC(=O)Cc2ccccc2)C(=O)N[C@@H](Cc2ccc(O)cc2)C(=O)CCCCNCC1=O. The van der Waals surface area contributed by atoms with Crippen molar-refractivity contribution < 1.29 is 29.1 Å². The number of amides is 1. The smallest absolute Gasteiger partial charge is 0.224 e. The Morgan fingerprint density at radius 1 is 0.977 bits per heavy atom. The van der Waals surface area contributed by atoms with Crippen LogP contribution in [0.15, 0.2) is 54.6 Å². The minimum atomic E-state index is -0.761. The van der Waals surface area contributed by atoms with E-state index in [4.69, 9.17) is 0 Å². The third kappa shape index (κ3) is 13.3. The third-order valence-electron chi connectivity index (χ3n) is 7.29.